The van der Waals surface area contributed by atoms with Crippen LogP contribution in [0.25, 0.3) is 0 Å². The Kier molecular flexibility index (Phi) is 2.54. The van der Waals surface area contributed by atoms with E-state index in [1.54, 1.807) is 0 Å². The number of rotatable bonds is 3. The van der Waals surface area contributed by atoms with Gasteiger partial charge in [-0.25, -0.2) is 0 Å². The van der Waals surface area contributed by atoms with E-state index in [-0.39, 0.29) is 0 Å². The van der Waals surface area contributed by atoms with Crippen molar-refractivity contribution in [1.29, 1.82) is 0 Å². The molecule has 1 aromatic heterocycles. The fourth-order valence-electron chi connectivity index (χ4n) is 3.04. The number of likely N-dealkylation sites (tertiary alicyclic amines) is 1. The second-order valence-corrected chi connectivity index (χ2v) is 6.09. The zero-order valence-electron chi connectivity index (χ0n) is 8.98. The molecule has 2 heterocycles. The monoisotopic (exact) mass is 222 g/mol. The Morgan fingerprint density at radius 2 is 2.20 bits per heavy atom. The summed E-state index contributed by atoms with van der Waals surface area (Å²) in [5, 5.41) is 0. The Labute approximate surface area is 95.1 Å². The van der Waals surface area contributed by atoms with Crippen molar-refractivity contribution in [3.63, 3.8) is 0 Å². The molecule has 82 valence electrons. The van der Waals surface area contributed by atoms with Crippen molar-refractivity contribution in [2.45, 2.75) is 38.4 Å². The van der Waals surface area contributed by atoms with Gasteiger partial charge in [-0.1, -0.05) is 0 Å². The van der Waals surface area contributed by atoms with Gasteiger partial charge in [0.15, 0.2) is 0 Å². The number of nitrogens with two attached hydrogens (primary N) is 1. The predicted octanol–water partition coefficient (Wildman–Crippen LogP) is 2.19. The van der Waals surface area contributed by atoms with Crippen LogP contribution in [-0.2, 0) is 13.1 Å². The molecule has 1 aromatic rings. The summed E-state index contributed by atoms with van der Waals surface area (Å²) in [7, 11) is 0. The minimum absolute atomic E-state index is 0.691. The van der Waals surface area contributed by atoms with Crippen LogP contribution in [0.4, 0.5) is 0 Å². The average molecular weight is 222 g/mol. The molecule has 1 saturated heterocycles. The van der Waals surface area contributed by atoms with Gasteiger partial charge in [-0.15, -0.1) is 11.3 Å². The van der Waals surface area contributed by atoms with E-state index in [0.29, 0.717) is 6.54 Å². The van der Waals surface area contributed by atoms with E-state index >= 15 is 0 Å². The minimum atomic E-state index is 0.691. The molecule has 15 heavy (non-hydrogen) atoms. The Balaban J connectivity index is 1.65. The first-order chi connectivity index (χ1) is 7.35. The molecule has 0 spiro atoms. The zero-order valence-corrected chi connectivity index (χ0v) is 9.80. The average Bonchev–Trinajstić information content (AvgIpc) is 2.92. The van der Waals surface area contributed by atoms with Crippen molar-refractivity contribution in [2.24, 2.45) is 11.7 Å². The van der Waals surface area contributed by atoms with Gasteiger partial charge in [0.2, 0.25) is 0 Å². The van der Waals surface area contributed by atoms with E-state index in [2.05, 4.69) is 17.0 Å². The highest BCUT2D eigenvalue weighted by Gasteiger charge is 2.37. The van der Waals surface area contributed by atoms with Gasteiger partial charge >= 0.3 is 0 Å². The molecule has 2 aliphatic rings. The maximum atomic E-state index is 5.63. The van der Waals surface area contributed by atoms with Crippen LogP contribution in [0, 0.1) is 5.92 Å². The Hall–Kier alpha value is -0.380. The Morgan fingerprint density at radius 3 is 2.80 bits per heavy atom. The predicted molar refractivity (Wildman–Crippen MR) is 63.7 cm³/mol. The summed E-state index contributed by atoms with van der Waals surface area (Å²) in [6.45, 7) is 3.18. The lowest BCUT2D eigenvalue weighted by Crippen LogP contribution is -2.31. The van der Waals surface area contributed by atoms with Gasteiger partial charge in [0.05, 0.1) is 0 Å². The molecule has 1 aliphatic heterocycles. The maximum absolute atomic E-state index is 5.63. The van der Waals surface area contributed by atoms with Gasteiger partial charge < -0.3 is 5.73 Å². The highest BCUT2D eigenvalue weighted by Crippen LogP contribution is 2.38. The third-order valence-corrected chi connectivity index (χ3v) is 4.89. The van der Waals surface area contributed by atoms with Crippen LogP contribution in [0.15, 0.2) is 12.1 Å². The summed E-state index contributed by atoms with van der Waals surface area (Å²) < 4.78 is 0. The van der Waals surface area contributed by atoms with Crippen molar-refractivity contribution in [2.75, 3.05) is 6.54 Å². The molecule has 2 atom stereocenters. The lowest BCUT2D eigenvalue weighted by Gasteiger charge is -2.25. The molecular weight excluding hydrogens is 204 g/mol. The van der Waals surface area contributed by atoms with Crippen LogP contribution in [-0.4, -0.2) is 17.5 Å². The van der Waals surface area contributed by atoms with Crippen molar-refractivity contribution in [3.05, 3.63) is 21.9 Å². The van der Waals surface area contributed by atoms with Crippen LogP contribution in [0.5, 0.6) is 0 Å². The largest absolute Gasteiger partial charge is 0.326 e. The molecular formula is C12H18N2S. The third-order valence-electron chi connectivity index (χ3n) is 3.80. The number of piperidine rings is 1. The number of fused-ring (bicyclic) bond motifs is 2. The molecule has 3 rings (SSSR count). The van der Waals surface area contributed by atoms with Crippen molar-refractivity contribution in [1.82, 2.24) is 4.90 Å². The van der Waals surface area contributed by atoms with E-state index in [9.17, 15) is 0 Å². The topological polar surface area (TPSA) is 29.3 Å². The van der Waals surface area contributed by atoms with E-state index in [1.807, 2.05) is 11.3 Å². The molecule has 1 saturated carbocycles. The van der Waals surface area contributed by atoms with Gasteiger partial charge in [-0.3, -0.25) is 4.90 Å². The molecule has 2 bridgehead atoms. The zero-order chi connectivity index (χ0) is 10.3. The number of hydrogen-bond acceptors (Lipinski definition) is 3. The summed E-state index contributed by atoms with van der Waals surface area (Å²) in [6, 6.07) is 5.31. The molecule has 2 nitrogen and oxygen atoms in total. The van der Waals surface area contributed by atoms with Crippen LogP contribution in [0.1, 0.15) is 29.0 Å². The molecule has 2 fully saturated rings. The standard InChI is InChI=1S/C12H18N2S/c13-6-11-3-4-12(15-11)8-14-7-9-1-2-10(14)5-9/h3-4,9-10H,1-2,5-8,13H2. The first kappa shape index (κ1) is 9.82. The molecule has 0 aromatic carbocycles. The lowest BCUT2D eigenvalue weighted by atomic mass is 10.1. The molecule has 0 amide bonds. The quantitative estimate of drug-likeness (QED) is 0.849. The molecule has 2 N–H and O–H groups in total. The molecule has 1 aliphatic carbocycles. The van der Waals surface area contributed by atoms with Gasteiger partial charge in [0.25, 0.3) is 0 Å². The van der Waals surface area contributed by atoms with Gasteiger partial charge in [0, 0.05) is 35.4 Å². The summed E-state index contributed by atoms with van der Waals surface area (Å²) in [5.74, 6) is 1.00. The highest BCUT2D eigenvalue weighted by atomic mass is 32.1. The third kappa shape index (κ3) is 1.84. The maximum Gasteiger partial charge on any atom is 0.0331 e. The van der Waals surface area contributed by atoms with E-state index in [1.165, 1.54) is 35.6 Å². The summed E-state index contributed by atoms with van der Waals surface area (Å²) in [5.41, 5.74) is 5.63. The van der Waals surface area contributed by atoms with Crippen molar-refractivity contribution < 1.29 is 0 Å². The first-order valence-corrected chi connectivity index (χ1v) is 6.68. The normalized spacial score (nSPS) is 30.2. The van der Waals surface area contributed by atoms with Crippen molar-refractivity contribution in [3.8, 4) is 0 Å². The molecule has 3 heteroatoms. The smallest absolute Gasteiger partial charge is 0.0331 e. The Bertz CT molecular complexity index is 347. The minimum Gasteiger partial charge on any atom is -0.326 e. The fraction of sp³-hybridized carbons (Fsp3) is 0.667. The summed E-state index contributed by atoms with van der Waals surface area (Å²) in [6.07, 6.45) is 4.36. The fourth-order valence-corrected chi connectivity index (χ4v) is 3.96. The second kappa shape index (κ2) is 3.89. The van der Waals surface area contributed by atoms with Crippen LogP contribution in [0.2, 0.25) is 0 Å². The second-order valence-electron chi connectivity index (χ2n) is 4.83. The number of thiophene rings is 1. The van der Waals surface area contributed by atoms with Gasteiger partial charge in [0.1, 0.15) is 0 Å². The molecule has 0 radical (unpaired) electrons. The van der Waals surface area contributed by atoms with E-state index in [4.69, 9.17) is 5.73 Å². The van der Waals surface area contributed by atoms with Gasteiger partial charge in [-0.2, -0.15) is 0 Å². The Morgan fingerprint density at radius 1 is 1.33 bits per heavy atom. The summed E-state index contributed by atoms with van der Waals surface area (Å²) >= 11 is 1.88. The van der Waals surface area contributed by atoms with E-state index in [0.717, 1.165) is 18.5 Å². The van der Waals surface area contributed by atoms with E-state index < -0.39 is 0 Å². The van der Waals surface area contributed by atoms with Crippen LogP contribution >= 0.6 is 11.3 Å². The summed E-state index contributed by atoms with van der Waals surface area (Å²) in [4.78, 5) is 5.47. The van der Waals surface area contributed by atoms with Crippen LogP contribution in [0.3, 0.4) is 0 Å². The SMILES string of the molecule is NCc1ccc(CN2CC3CCC2C3)s1. The number of nitrogens with zero attached hydrogens (tertiary/aromatic N) is 1. The lowest BCUT2D eigenvalue weighted by molar-refractivity contribution is 0.207. The van der Waals surface area contributed by atoms with Crippen molar-refractivity contribution >= 4 is 11.3 Å². The molecule has 2 unspecified atom stereocenters. The van der Waals surface area contributed by atoms with Crippen LogP contribution < -0.4 is 5.73 Å². The highest BCUT2D eigenvalue weighted by molar-refractivity contribution is 7.11. The number of hydrogen-bond donors (Lipinski definition) is 1. The first-order valence-electron chi connectivity index (χ1n) is 5.87. The van der Waals surface area contributed by atoms with Gasteiger partial charge in [-0.05, 0) is 37.3 Å².